The van der Waals surface area contributed by atoms with Crippen LogP contribution in [-0.4, -0.2) is 69.7 Å². The van der Waals surface area contributed by atoms with E-state index in [0.717, 1.165) is 12.8 Å². The summed E-state index contributed by atoms with van der Waals surface area (Å²) in [6.45, 7) is 2.98. The molecule has 1 aliphatic carbocycles. The van der Waals surface area contributed by atoms with Crippen molar-refractivity contribution >= 4 is 16.1 Å². The van der Waals surface area contributed by atoms with Crippen molar-refractivity contribution in [2.24, 2.45) is 11.8 Å². The van der Waals surface area contributed by atoms with Gasteiger partial charge in [-0.1, -0.05) is 0 Å². The highest BCUT2D eigenvalue weighted by molar-refractivity contribution is 7.87. The highest BCUT2D eigenvalue weighted by Gasteiger charge is 2.45. The SMILES string of the molecule is CC(Oc1ccc2c(c1)OCO2)C(=O)N1C[C@H]2CC[C@@H](C1)C2NS(=O)(=O)N(C)C. The van der Waals surface area contributed by atoms with Crippen molar-refractivity contribution < 1.29 is 27.4 Å². The van der Waals surface area contributed by atoms with Gasteiger partial charge in [-0.15, -0.1) is 0 Å². The second kappa shape index (κ2) is 7.66. The van der Waals surface area contributed by atoms with E-state index in [4.69, 9.17) is 14.2 Å². The molecule has 1 aromatic carbocycles. The third-order valence-corrected chi connectivity index (χ3v) is 7.45. The average molecular weight is 426 g/mol. The Morgan fingerprint density at radius 2 is 1.86 bits per heavy atom. The van der Waals surface area contributed by atoms with Gasteiger partial charge in [0.15, 0.2) is 17.6 Å². The van der Waals surface area contributed by atoms with Crippen molar-refractivity contribution in [3.8, 4) is 17.2 Å². The maximum atomic E-state index is 13.0. The van der Waals surface area contributed by atoms with Gasteiger partial charge < -0.3 is 19.1 Å². The van der Waals surface area contributed by atoms with Gasteiger partial charge in [0.25, 0.3) is 16.1 Å². The number of carbonyl (C=O) groups excluding carboxylic acids is 1. The summed E-state index contributed by atoms with van der Waals surface area (Å²) in [4.78, 5) is 14.8. The Morgan fingerprint density at radius 3 is 2.52 bits per heavy atom. The monoisotopic (exact) mass is 425 g/mol. The fraction of sp³-hybridized carbons (Fsp3) is 0.632. The van der Waals surface area contributed by atoms with Crippen LogP contribution < -0.4 is 18.9 Å². The van der Waals surface area contributed by atoms with E-state index in [1.165, 1.54) is 18.4 Å². The fourth-order valence-electron chi connectivity index (χ4n) is 4.33. The number of nitrogens with one attached hydrogen (secondary N) is 1. The molecule has 1 saturated heterocycles. The number of hydrogen-bond donors (Lipinski definition) is 1. The first kappa shape index (κ1) is 20.2. The molecule has 10 heteroatoms. The number of nitrogens with zero attached hydrogens (tertiary/aromatic N) is 2. The largest absolute Gasteiger partial charge is 0.481 e. The zero-order chi connectivity index (χ0) is 20.8. The van der Waals surface area contributed by atoms with Crippen molar-refractivity contribution in [1.82, 2.24) is 13.9 Å². The van der Waals surface area contributed by atoms with Gasteiger partial charge >= 0.3 is 0 Å². The molecule has 0 spiro atoms. The molecule has 4 atom stereocenters. The molecule has 2 heterocycles. The van der Waals surface area contributed by atoms with Crippen LogP contribution in [0.2, 0.25) is 0 Å². The predicted molar refractivity (Wildman–Crippen MR) is 105 cm³/mol. The summed E-state index contributed by atoms with van der Waals surface area (Å²) < 4.78 is 44.9. The molecule has 160 valence electrons. The van der Waals surface area contributed by atoms with Crippen LogP contribution in [0.5, 0.6) is 17.2 Å². The molecule has 0 aromatic heterocycles. The first-order valence-electron chi connectivity index (χ1n) is 9.79. The van der Waals surface area contributed by atoms with Crippen LogP contribution in [0.1, 0.15) is 19.8 Å². The van der Waals surface area contributed by atoms with Crippen LogP contribution in [0.4, 0.5) is 0 Å². The number of benzene rings is 1. The molecule has 4 rings (SSSR count). The zero-order valence-corrected chi connectivity index (χ0v) is 17.6. The maximum Gasteiger partial charge on any atom is 0.279 e. The summed E-state index contributed by atoms with van der Waals surface area (Å²) in [5.74, 6) is 1.96. The number of likely N-dealkylation sites (tertiary alicyclic amines) is 1. The molecule has 29 heavy (non-hydrogen) atoms. The molecule has 2 bridgehead atoms. The minimum atomic E-state index is -3.49. The number of ether oxygens (including phenoxy) is 3. The summed E-state index contributed by atoms with van der Waals surface area (Å²) in [5.41, 5.74) is 0. The Kier molecular flexibility index (Phi) is 5.34. The lowest BCUT2D eigenvalue weighted by Crippen LogP contribution is -2.57. The Bertz CT molecular complexity index is 876. The van der Waals surface area contributed by atoms with E-state index in [1.807, 2.05) is 0 Å². The van der Waals surface area contributed by atoms with Crippen molar-refractivity contribution in [3.05, 3.63) is 18.2 Å². The summed E-state index contributed by atoms with van der Waals surface area (Å²) in [6.07, 6.45) is 1.17. The Balaban J connectivity index is 1.38. The van der Waals surface area contributed by atoms with E-state index in [2.05, 4.69) is 4.72 Å². The molecule has 1 saturated carbocycles. The molecule has 3 aliphatic rings. The van der Waals surface area contributed by atoms with E-state index >= 15 is 0 Å². The Morgan fingerprint density at radius 1 is 1.21 bits per heavy atom. The van der Waals surface area contributed by atoms with E-state index in [0.29, 0.717) is 30.3 Å². The van der Waals surface area contributed by atoms with E-state index < -0.39 is 16.3 Å². The summed E-state index contributed by atoms with van der Waals surface area (Å²) in [5, 5.41) is 0. The van der Waals surface area contributed by atoms with Gasteiger partial charge in [-0.05, 0) is 43.7 Å². The van der Waals surface area contributed by atoms with Gasteiger partial charge in [-0.3, -0.25) is 4.79 Å². The maximum absolute atomic E-state index is 13.0. The first-order valence-corrected chi connectivity index (χ1v) is 11.2. The smallest absolute Gasteiger partial charge is 0.279 e. The predicted octanol–water partition coefficient (Wildman–Crippen LogP) is 0.816. The second-order valence-corrected chi connectivity index (χ2v) is 9.96. The number of hydrogen-bond acceptors (Lipinski definition) is 6. The molecule has 2 unspecified atom stereocenters. The van der Waals surface area contributed by atoms with E-state index in [-0.39, 0.29) is 30.6 Å². The number of carbonyl (C=O) groups is 1. The molecule has 1 amide bonds. The van der Waals surface area contributed by atoms with E-state index in [9.17, 15) is 13.2 Å². The molecule has 9 nitrogen and oxygen atoms in total. The number of fused-ring (bicyclic) bond motifs is 3. The number of piperidine rings is 1. The highest BCUT2D eigenvalue weighted by atomic mass is 32.2. The van der Waals surface area contributed by atoms with Gasteiger partial charge in [0.1, 0.15) is 5.75 Å². The molecular weight excluding hydrogens is 398 g/mol. The summed E-state index contributed by atoms with van der Waals surface area (Å²) >= 11 is 0. The first-order chi connectivity index (χ1) is 13.7. The Labute approximate surface area is 171 Å². The third kappa shape index (κ3) is 4.01. The average Bonchev–Trinajstić information content (AvgIpc) is 3.21. The summed E-state index contributed by atoms with van der Waals surface area (Å²) in [7, 11) is -0.466. The van der Waals surface area contributed by atoms with E-state index in [1.54, 1.807) is 30.0 Å². The molecule has 1 N–H and O–H groups in total. The van der Waals surface area contributed by atoms with Crippen LogP contribution in [0, 0.1) is 11.8 Å². The summed E-state index contributed by atoms with van der Waals surface area (Å²) in [6, 6.07) is 5.11. The van der Waals surface area contributed by atoms with Crippen LogP contribution in [-0.2, 0) is 15.0 Å². The van der Waals surface area contributed by atoms with Gasteiger partial charge in [0.05, 0.1) is 0 Å². The van der Waals surface area contributed by atoms with Gasteiger partial charge in [-0.25, -0.2) is 0 Å². The second-order valence-electron chi connectivity index (χ2n) is 8.05. The zero-order valence-electron chi connectivity index (χ0n) is 16.8. The van der Waals surface area contributed by atoms with Crippen LogP contribution >= 0.6 is 0 Å². The fourth-order valence-corrected chi connectivity index (χ4v) is 5.27. The topological polar surface area (TPSA) is 97.4 Å². The molecule has 2 aliphatic heterocycles. The highest BCUT2D eigenvalue weighted by Crippen LogP contribution is 2.38. The third-order valence-electron chi connectivity index (χ3n) is 5.92. The number of amides is 1. The van der Waals surface area contributed by atoms with Crippen molar-refractivity contribution in [3.63, 3.8) is 0 Å². The number of rotatable bonds is 6. The van der Waals surface area contributed by atoms with Crippen molar-refractivity contribution in [2.45, 2.75) is 31.9 Å². The molecular formula is C19H27N3O6S. The van der Waals surface area contributed by atoms with Crippen LogP contribution in [0.15, 0.2) is 18.2 Å². The van der Waals surface area contributed by atoms with Crippen molar-refractivity contribution in [1.29, 1.82) is 0 Å². The molecule has 0 radical (unpaired) electrons. The molecule has 2 fully saturated rings. The van der Waals surface area contributed by atoms with Gasteiger partial charge in [-0.2, -0.15) is 17.4 Å². The van der Waals surface area contributed by atoms with Crippen LogP contribution in [0.25, 0.3) is 0 Å². The van der Waals surface area contributed by atoms with Crippen LogP contribution in [0.3, 0.4) is 0 Å². The Hall–Kier alpha value is -2.04. The lowest BCUT2D eigenvalue weighted by Gasteiger charge is -2.39. The minimum absolute atomic E-state index is 0.0894. The van der Waals surface area contributed by atoms with Gasteiger partial charge in [0.2, 0.25) is 6.79 Å². The lowest BCUT2D eigenvalue weighted by atomic mass is 9.93. The van der Waals surface area contributed by atoms with Crippen molar-refractivity contribution in [2.75, 3.05) is 34.0 Å². The van der Waals surface area contributed by atoms with Gasteiger partial charge in [0, 0.05) is 39.3 Å². The standard InChI is InChI=1S/C19H27N3O6S/c1-12(28-15-6-7-16-17(8-15)27-11-26-16)19(23)22-9-13-4-5-14(10-22)18(13)20-29(24,25)21(2)3/h6-8,12-14,18,20H,4-5,9-11H2,1-3H3/t12?,13-,14+,18?. The molecule has 1 aromatic rings. The quantitative estimate of drug-likeness (QED) is 0.725. The normalized spacial score (nSPS) is 26.6. The lowest BCUT2D eigenvalue weighted by molar-refractivity contribution is -0.140. The minimum Gasteiger partial charge on any atom is -0.481 e.